The molecule has 0 saturated carbocycles. The Hall–Kier alpha value is -2.77. The number of carbonyl (C=O) groups is 2. The first-order chi connectivity index (χ1) is 15.0. The number of carbonyl (C=O) groups excluding carboxylic acids is 2. The van der Waals surface area contributed by atoms with Crippen molar-refractivity contribution in [3.8, 4) is 5.69 Å². The van der Waals surface area contributed by atoms with Gasteiger partial charge in [-0.05, 0) is 48.9 Å². The number of thioether (sulfide) groups is 1. The predicted octanol–water partition coefficient (Wildman–Crippen LogP) is 4.57. The third kappa shape index (κ3) is 3.83. The molecule has 2 aliphatic rings. The number of halogens is 1. The van der Waals surface area contributed by atoms with Crippen molar-refractivity contribution in [2.75, 3.05) is 16.8 Å². The number of amides is 2. The summed E-state index contributed by atoms with van der Waals surface area (Å²) in [6.07, 6.45) is 0.200. The Morgan fingerprint density at radius 1 is 1.16 bits per heavy atom. The molecule has 5 rings (SSSR count). The molecule has 0 radical (unpaired) electrons. The molecule has 6 nitrogen and oxygen atoms in total. The summed E-state index contributed by atoms with van der Waals surface area (Å²) in [5, 5.41) is 8.45. The van der Waals surface area contributed by atoms with Crippen molar-refractivity contribution >= 4 is 46.7 Å². The van der Waals surface area contributed by atoms with Crippen LogP contribution in [0.25, 0.3) is 5.69 Å². The number of rotatable bonds is 4. The van der Waals surface area contributed by atoms with E-state index in [9.17, 15) is 9.59 Å². The molecule has 1 aromatic heterocycles. The molecule has 31 heavy (non-hydrogen) atoms. The lowest BCUT2D eigenvalue weighted by Gasteiger charge is -2.17. The van der Waals surface area contributed by atoms with Gasteiger partial charge in [-0.25, -0.2) is 4.68 Å². The van der Waals surface area contributed by atoms with E-state index in [-0.39, 0.29) is 18.2 Å². The lowest BCUT2D eigenvalue weighted by molar-refractivity contribution is -0.122. The van der Waals surface area contributed by atoms with Crippen LogP contribution >= 0.6 is 23.4 Å². The summed E-state index contributed by atoms with van der Waals surface area (Å²) in [5.41, 5.74) is 4.79. The van der Waals surface area contributed by atoms with Gasteiger partial charge in [-0.3, -0.25) is 9.59 Å². The van der Waals surface area contributed by atoms with Gasteiger partial charge in [-0.15, -0.1) is 0 Å². The van der Waals surface area contributed by atoms with Gasteiger partial charge in [-0.2, -0.15) is 16.9 Å². The van der Waals surface area contributed by atoms with Crippen LogP contribution in [0.3, 0.4) is 0 Å². The summed E-state index contributed by atoms with van der Waals surface area (Å²) in [6, 6.07) is 15.2. The fourth-order valence-corrected chi connectivity index (χ4v) is 5.22. The van der Waals surface area contributed by atoms with Crippen LogP contribution in [-0.4, -0.2) is 28.1 Å². The molecule has 158 valence electrons. The molecule has 1 saturated heterocycles. The smallest absolute Gasteiger partial charge is 0.230 e. The van der Waals surface area contributed by atoms with Gasteiger partial charge in [0.2, 0.25) is 11.8 Å². The standard InChI is InChI=1S/C23H21ClN4O2S/c1-14-3-2-4-18(9-14)27-11-15(10-21(27)29)23(30)25-22-19-12-31-13-20(19)26-28(22)17-7-5-16(24)6-8-17/h2-9,15H,10-13H2,1H3,(H,25,30). The van der Waals surface area contributed by atoms with Crippen LogP contribution in [0, 0.1) is 12.8 Å². The van der Waals surface area contributed by atoms with Crippen molar-refractivity contribution < 1.29 is 9.59 Å². The van der Waals surface area contributed by atoms with Gasteiger partial charge in [0.1, 0.15) is 5.82 Å². The molecular weight excluding hydrogens is 432 g/mol. The van der Waals surface area contributed by atoms with Gasteiger partial charge in [0.15, 0.2) is 0 Å². The predicted molar refractivity (Wildman–Crippen MR) is 124 cm³/mol. The third-order valence-corrected chi connectivity index (χ3v) is 6.90. The molecule has 1 N–H and O–H groups in total. The maximum Gasteiger partial charge on any atom is 0.230 e. The first-order valence-electron chi connectivity index (χ1n) is 10.1. The summed E-state index contributed by atoms with van der Waals surface area (Å²) < 4.78 is 1.77. The second-order valence-electron chi connectivity index (χ2n) is 7.89. The van der Waals surface area contributed by atoms with Crippen molar-refractivity contribution in [1.29, 1.82) is 0 Å². The van der Waals surface area contributed by atoms with E-state index in [1.165, 1.54) is 0 Å². The molecule has 3 aromatic rings. The van der Waals surface area contributed by atoms with Gasteiger partial charge in [0.25, 0.3) is 0 Å². The molecular formula is C23H21ClN4O2S. The molecule has 1 fully saturated rings. The van der Waals surface area contributed by atoms with E-state index in [0.717, 1.165) is 39.7 Å². The summed E-state index contributed by atoms with van der Waals surface area (Å²) in [6.45, 7) is 2.37. The molecule has 2 aliphatic heterocycles. The monoisotopic (exact) mass is 452 g/mol. The maximum atomic E-state index is 13.2. The highest BCUT2D eigenvalue weighted by atomic mass is 35.5. The van der Waals surface area contributed by atoms with E-state index in [2.05, 4.69) is 5.32 Å². The van der Waals surface area contributed by atoms with Gasteiger partial charge in [0.05, 0.1) is 17.3 Å². The minimum atomic E-state index is -0.411. The van der Waals surface area contributed by atoms with Crippen molar-refractivity contribution in [2.24, 2.45) is 5.92 Å². The van der Waals surface area contributed by atoms with Crippen LogP contribution in [0.2, 0.25) is 5.02 Å². The Kier molecular flexibility index (Phi) is 5.24. The van der Waals surface area contributed by atoms with E-state index in [0.29, 0.717) is 17.4 Å². The molecule has 8 heteroatoms. The zero-order chi connectivity index (χ0) is 21.5. The Balaban J connectivity index is 1.40. The number of hydrogen-bond donors (Lipinski definition) is 1. The molecule has 0 spiro atoms. The largest absolute Gasteiger partial charge is 0.312 e. The van der Waals surface area contributed by atoms with Crippen molar-refractivity contribution in [1.82, 2.24) is 9.78 Å². The van der Waals surface area contributed by atoms with Crippen molar-refractivity contribution in [3.05, 3.63) is 70.4 Å². The minimum absolute atomic E-state index is 0.0299. The van der Waals surface area contributed by atoms with Crippen molar-refractivity contribution in [2.45, 2.75) is 24.9 Å². The molecule has 1 unspecified atom stereocenters. The topological polar surface area (TPSA) is 67.2 Å². The molecule has 0 aliphatic carbocycles. The van der Waals surface area contributed by atoms with E-state index in [4.69, 9.17) is 16.7 Å². The van der Waals surface area contributed by atoms with Crippen LogP contribution in [0.1, 0.15) is 23.2 Å². The molecule has 0 bridgehead atoms. The zero-order valence-corrected chi connectivity index (χ0v) is 18.5. The number of aromatic nitrogens is 2. The Morgan fingerprint density at radius 3 is 2.74 bits per heavy atom. The zero-order valence-electron chi connectivity index (χ0n) is 17.0. The number of nitrogens with one attached hydrogen (secondary N) is 1. The number of nitrogens with zero attached hydrogens (tertiary/aromatic N) is 3. The van der Waals surface area contributed by atoms with Gasteiger partial charge in [0, 0.05) is 40.7 Å². The Bertz CT molecular complexity index is 1170. The lowest BCUT2D eigenvalue weighted by atomic mass is 10.1. The highest BCUT2D eigenvalue weighted by Crippen LogP contribution is 2.37. The Labute approximate surface area is 189 Å². The summed E-state index contributed by atoms with van der Waals surface area (Å²) in [7, 11) is 0. The fraction of sp³-hybridized carbons (Fsp3) is 0.261. The molecule has 3 heterocycles. The van der Waals surface area contributed by atoms with Crippen LogP contribution in [-0.2, 0) is 21.1 Å². The fourth-order valence-electron chi connectivity index (χ4n) is 4.06. The second kappa shape index (κ2) is 8.05. The molecule has 1 atom stereocenters. The number of fused-ring (bicyclic) bond motifs is 1. The van der Waals surface area contributed by atoms with E-state index in [1.54, 1.807) is 33.5 Å². The third-order valence-electron chi connectivity index (χ3n) is 5.67. The molecule has 2 aromatic carbocycles. The average molecular weight is 453 g/mol. The van der Waals surface area contributed by atoms with Crippen LogP contribution in [0.4, 0.5) is 11.5 Å². The van der Waals surface area contributed by atoms with Gasteiger partial charge < -0.3 is 10.2 Å². The quantitative estimate of drug-likeness (QED) is 0.629. The van der Waals surface area contributed by atoms with Crippen LogP contribution in [0.5, 0.6) is 0 Å². The number of aryl methyl sites for hydroxylation is 1. The lowest BCUT2D eigenvalue weighted by Crippen LogP contribution is -2.29. The normalized spacial score (nSPS) is 17.8. The molecule has 2 amide bonds. The second-order valence-corrected chi connectivity index (χ2v) is 9.31. The van der Waals surface area contributed by atoms with Gasteiger partial charge in [-0.1, -0.05) is 23.7 Å². The maximum absolute atomic E-state index is 13.2. The number of anilines is 2. The number of benzene rings is 2. The van der Waals surface area contributed by atoms with Gasteiger partial charge >= 0.3 is 0 Å². The summed E-state index contributed by atoms with van der Waals surface area (Å²) >= 11 is 7.81. The average Bonchev–Trinajstić information content (AvgIpc) is 3.44. The minimum Gasteiger partial charge on any atom is -0.312 e. The first kappa shape index (κ1) is 20.2. The Morgan fingerprint density at radius 2 is 1.97 bits per heavy atom. The van der Waals surface area contributed by atoms with E-state index in [1.807, 2.05) is 43.3 Å². The van der Waals surface area contributed by atoms with E-state index >= 15 is 0 Å². The SMILES string of the molecule is Cc1cccc(N2CC(C(=O)Nc3c4c(nn3-c3ccc(Cl)cc3)CSC4)CC2=O)c1. The summed E-state index contributed by atoms with van der Waals surface area (Å²) in [4.78, 5) is 27.5. The number of hydrogen-bond acceptors (Lipinski definition) is 4. The van der Waals surface area contributed by atoms with Crippen molar-refractivity contribution in [3.63, 3.8) is 0 Å². The summed E-state index contributed by atoms with van der Waals surface area (Å²) in [5.74, 6) is 1.72. The van der Waals surface area contributed by atoms with E-state index < -0.39 is 5.92 Å². The van der Waals surface area contributed by atoms with Crippen LogP contribution in [0.15, 0.2) is 48.5 Å². The highest BCUT2D eigenvalue weighted by molar-refractivity contribution is 7.98. The highest BCUT2D eigenvalue weighted by Gasteiger charge is 2.36. The van der Waals surface area contributed by atoms with Crippen LogP contribution < -0.4 is 10.2 Å². The first-order valence-corrected chi connectivity index (χ1v) is 11.7.